The van der Waals surface area contributed by atoms with Crippen molar-refractivity contribution in [3.8, 4) is 6.07 Å². The maximum atomic E-state index is 11.8. The molecule has 0 aliphatic carbocycles. The van der Waals surface area contributed by atoms with Crippen LogP contribution in [0.25, 0.3) is 0 Å². The van der Waals surface area contributed by atoms with Gasteiger partial charge in [-0.1, -0.05) is 19.9 Å². The molecule has 0 spiro atoms. The van der Waals surface area contributed by atoms with Gasteiger partial charge < -0.3 is 15.4 Å². The quantitative estimate of drug-likeness (QED) is 0.477. The van der Waals surface area contributed by atoms with E-state index < -0.39 is 11.9 Å². The van der Waals surface area contributed by atoms with Gasteiger partial charge in [0.15, 0.2) is 0 Å². The summed E-state index contributed by atoms with van der Waals surface area (Å²) in [5.41, 5.74) is 0.917. The van der Waals surface area contributed by atoms with Crippen LogP contribution < -0.4 is 10.6 Å². The Morgan fingerprint density at radius 2 is 2.14 bits per heavy atom. The zero-order valence-electron chi connectivity index (χ0n) is 12.8. The zero-order chi connectivity index (χ0) is 16.5. The summed E-state index contributed by atoms with van der Waals surface area (Å²) < 4.78 is 4.63. The number of carbonyl (C=O) groups is 2. The highest BCUT2D eigenvalue weighted by Crippen LogP contribution is 2.12. The van der Waals surface area contributed by atoms with Crippen LogP contribution in [0.3, 0.4) is 0 Å². The first kappa shape index (κ1) is 17.2. The smallest absolute Gasteiger partial charge is 0.337 e. The highest BCUT2D eigenvalue weighted by molar-refractivity contribution is 5.97. The highest BCUT2D eigenvalue weighted by Gasteiger charge is 2.09. The van der Waals surface area contributed by atoms with Gasteiger partial charge >= 0.3 is 5.97 Å². The number of amides is 1. The molecule has 0 heterocycles. The van der Waals surface area contributed by atoms with E-state index in [4.69, 9.17) is 5.26 Å². The van der Waals surface area contributed by atoms with Crippen molar-refractivity contribution in [1.82, 2.24) is 5.32 Å². The van der Waals surface area contributed by atoms with Crippen LogP contribution in [0.1, 0.15) is 24.2 Å². The molecule has 1 aromatic carbocycles. The van der Waals surface area contributed by atoms with E-state index in [1.807, 2.05) is 19.9 Å². The van der Waals surface area contributed by atoms with E-state index in [0.29, 0.717) is 23.7 Å². The number of hydrogen-bond acceptors (Lipinski definition) is 5. The molecule has 0 atom stereocenters. The number of methoxy groups -OCH3 is 1. The van der Waals surface area contributed by atoms with Gasteiger partial charge in [-0.15, -0.1) is 0 Å². The molecule has 0 aliphatic rings. The van der Waals surface area contributed by atoms with Crippen molar-refractivity contribution in [3.63, 3.8) is 0 Å². The van der Waals surface area contributed by atoms with E-state index in [9.17, 15) is 9.59 Å². The highest BCUT2D eigenvalue weighted by atomic mass is 16.5. The fourth-order valence-corrected chi connectivity index (χ4v) is 1.55. The molecule has 0 radical (unpaired) electrons. The van der Waals surface area contributed by atoms with Crippen molar-refractivity contribution in [2.45, 2.75) is 13.8 Å². The Morgan fingerprint density at radius 3 is 2.73 bits per heavy atom. The molecular formula is C16H19N3O3. The molecule has 0 bridgehead atoms. The monoisotopic (exact) mass is 301 g/mol. The summed E-state index contributed by atoms with van der Waals surface area (Å²) in [7, 11) is 1.30. The van der Waals surface area contributed by atoms with Crippen LogP contribution in [0.2, 0.25) is 0 Å². The number of nitriles is 1. The largest absolute Gasteiger partial charge is 0.465 e. The maximum Gasteiger partial charge on any atom is 0.337 e. The third-order valence-electron chi connectivity index (χ3n) is 2.70. The van der Waals surface area contributed by atoms with Crippen LogP contribution >= 0.6 is 0 Å². The zero-order valence-corrected chi connectivity index (χ0v) is 12.8. The molecule has 0 saturated heterocycles. The minimum atomic E-state index is -0.456. The summed E-state index contributed by atoms with van der Waals surface area (Å²) in [4.78, 5) is 23.2. The second-order valence-corrected chi connectivity index (χ2v) is 4.99. The molecule has 6 nitrogen and oxygen atoms in total. The average molecular weight is 301 g/mol. The SMILES string of the molecule is COC(=O)c1cccc(N/C=C(/C#N)C(=O)NCC(C)C)c1. The molecule has 0 saturated carbocycles. The van der Waals surface area contributed by atoms with Gasteiger partial charge in [0.05, 0.1) is 12.7 Å². The average Bonchev–Trinajstić information content (AvgIpc) is 2.52. The first-order valence-corrected chi connectivity index (χ1v) is 6.81. The lowest BCUT2D eigenvalue weighted by atomic mass is 10.2. The Hall–Kier alpha value is -2.81. The van der Waals surface area contributed by atoms with Crippen molar-refractivity contribution in [1.29, 1.82) is 5.26 Å². The molecule has 0 unspecified atom stereocenters. The fraction of sp³-hybridized carbons (Fsp3) is 0.312. The van der Waals surface area contributed by atoms with Gasteiger partial charge in [0, 0.05) is 18.4 Å². The normalized spacial score (nSPS) is 10.8. The van der Waals surface area contributed by atoms with E-state index in [0.717, 1.165) is 0 Å². The van der Waals surface area contributed by atoms with Crippen molar-refractivity contribution < 1.29 is 14.3 Å². The maximum absolute atomic E-state index is 11.8. The molecular weight excluding hydrogens is 282 g/mol. The minimum Gasteiger partial charge on any atom is -0.465 e. The first-order chi connectivity index (χ1) is 10.5. The summed E-state index contributed by atoms with van der Waals surface area (Å²) >= 11 is 0. The minimum absolute atomic E-state index is 0.0379. The van der Waals surface area contributed by atoms with Gasteiger partial charge in [-0.3, -0.25) is 4.79 Å². The van der Waals surface area contributed by atoms with Crippen LogP contribution in [-0.4, -0.2) is 25.5 Å². The van der Waals surface area contributed by atoms with Gasteiger partial charge in [-0.25, -0.2) is 4.79 Å². The molecule has 1 rings (SSSR count). The Morgan fingerprint density at radius 1 is 1.41 bits per heavy atom. The third-order valence-corrected chi connectivity index (χ3v) is 2.70. The summed E-state index contributed by atoms with van der Waals surface area (Å²) in [6.07, 6.45) is 1.31. The van der Waals surface area contributed by atoms with Crippen molar-refractivity contribution in [3.05, 3.63) is 41.6 Å². The number of nitrogens with one attached hydrogen (secondary N) is 2. The van der Waals surface area contributed by atoms with Crippen LogP contribution in [0.15, 0.2) is 36.0 Å². The lowest BCUT2D eigenvalue weighted by Gasteiger charge is -2.07. The summed E-state index contributed by atoms with van der Waals surface area (Å²) in [6.45, 7) is 4.43. The van der Waals surface area contributed by atoms with E-state index >= 15 is 0 Å². The van der Waals surface area contributed by atoms with Gasteiger partial charge in [-0.2, -0.15) is 5.26 Å². The standard InChI is InChI=1S/C16H19N3O3/c1-11(2)9-19-15(20)13(8-17)10-18-14-6-4-5-12(7-14)16(21)22-3/h4-7,10-11,18H,9H2,1-3H3,(H,19,20)/b13-10-. The molecule has 116 valence electrons. The van der Waals surface area contributed by atoms with Crippen LogP contribution in [0.4, 0.5) is 5.69 Å². The lowest BCUT2D eigenvalue weighted by Crippen LogP contribution is -2.28. The Bertz CT molecular complexity index is 615. The van der Waals surface area contributed by atoms with Crippen molar-refractivity contribution >= 4 is 17.6 Å². The van der Waals surface area contributed by atoms with Gasteiger partial charge in [-0.05, 0) is 24.1 Å². The van der Waals surface area contributed by atoms with Crippen molar-refractivity contribution in [2.24, 2.45) is 5.92 Å². The molecule has 1 aromatic rings. The topological polar surface area (TPSA) is 91.2 Å². The fourth-order valence-electron chi connectivity index (χ4n) is 1.55. The van der Waals surface area contributed by atoms with E-state index in [2.05, 4.69) is 15.4 Å². The Balaban J connectivity index is 2.78. The Kier molecular flexibility index (Phi) is 6.64. The molecule has 0 aliphatic heterocycles. The molecule has 0 fully saturated rings. The Labute approximate surface area is 129 Å². The van der Waals surface area contributed by atoms with Crippen LogP contribution in [0.5, 0.6) is 0 Å². The number of anilines is 1. The number of esters is 1. The van der Waals surface area contributed by atoms with Gasteiger partial charge in [0.25, 0.3) is 5.91 Å². The molecule has 6 heteroatoms. The lowest BCUT2D eigenvalue weighted by molar-refractivity contribution is -0.117. The van der Waals surface area contributed by atoms with Gasteiger partial charge in [0.1, 0.15) is 11.6 Å². The van der Waals surface area contributed by atoms with Crippen LogP contribution in [-0.2, 0) is 9.53 Å². The molecule has 22 heavy (non-hydrogen) atoms. The molecule has 1 amide bonds. The second-order valence-electron chi connectivity index (χ2n) is 4.99. The molecule has 2 N–H and O–H groups in total. The van der Waals surface area contributed by atoms with E-state index in [1.165, 1.54) is 13.3 Å². The van der Waals surface area contributed by atoms with Gasteiger partial charge in [0.2, 0.25) is 0 Å². The number of nitrogens with zero attached hydrogens (tertiary/aromatic N) is 1. The number of hydrogen-bond donors (Lipinski definition) is 2. The summed E-state index contributed by atoms with van der Waals surface area (Å²) in [6, 6.07) is 8.41. The third kappa shape index (κ3) is 5.29. The van der Waals surface area contributed by atoms with Crippen molar-refractivity contribution in [2.75, 3.05) is 19.0 Å². The predicted molar refractivity (Wildman–Crippen MR) is 82.9 cm³/mol. The van der Waals surface area contributed by atoms with E-state index in [1.54, 1.807) is 24.3 Å². The molecule has 0 aromatic heterocycles. The van der Waals surface area contributed by atoms with Crippen LogP contribution in [0, 0.1) is 17.2 Å². The van der Waals surface area contributed by atoms with E-state index in [-0.39, 0.29) is 5.57 Å². The summed E-state index contributed by atoms with van der Waals surface area (Å²) in [5.74, 6) is -0.593. The first-order valence-electron chi connectivity index (χ1n) is 6.81. The number of carbonyl (C=O) groups excluding carboxylic acids is 2. The number of benzene rings is 1. The number of rotatable bonds is 6. The summed E-state index contributed by atoms with van der Waals surface area (Å²) in [5, 5.41) is 14.5. The predicted octanol–water partition coefficient (Wildman–Crippen LogP) is 2.06. The second kappa shape index (κ2) is 8.47. The number of ether oxygens (including phenoxy) is 1.